The largest absolute Gasteiger partial charge is 0.379 e. The summed E-state index contributed by atoms with van der Waals surface area (Å²) in [7, 11) is 1.99. The van der Waals surface area contributed by atoms with Crippen LogP contribution in [0.3, 0.4) is 0 Å². The van der Waals surface area contributed by atoms with E-state index >= 15 is 0 Å². The number of hydrogen-bond acceptors (Lipinski definition) is 5. The number of ether oxygens (including phenoxy) is 1. The first-order valence-corrected chi connectivity index (χ1v) is 11.6. The third-order valence-corrected chi connectivity index (χ3v) is 5.80. The van der Waals surface area contributed by atoms with Gasteiger partial charge in [0.05, 0.1) is 13.2 Å². The van der Waals surface area contributed by atoms with E-state index in [1.165, 1.54) is 25.7 Å². The number of hydrogen-bond donors (Lipinski definition) is 2. The van der Waals surface area contributed by atoms with Crippen LogP contribution in [0.2, 0.25) is 0 Å². The normalized spacial score (nSPS) is 16.1. The van der Waals surface area contributed by atoms with Crippen LogP contribution in [0.25, 0.3) is 0 Å². The maximum absolute atomic E-state index is 5.43. The zero-order chi connectivity index (χ0) is 21.8. The van der Waals surface area contributed by atoms with Gasteiger partial charge in [-0.25, -0.2) is 4.99 Å². The van der Waals surface area contributed by atoms with Crippen LogP contribution in [0.1, 0.15) is 64.5 Å². The van der Waals surface area contributed by atoms with Crippen LogP contribution in [0.5, 0.6) is 0 Å². The van der Waals surface area contributed by atoms with Gasteiger partial charge < -0.3 is 19.9 Å². The fraction of sp³-hybridized carbons (Fsp3) is 0.864. The van der Waals surface area contributed by atoms with Crippen molar-refractivity contribution in [1.82, 2.24) is 30.3 Å². The van der Waals surface area contributed by atoms with Crippen LogP contribution in [0, 0.1) is 12.3 Å². The van der Waals surface area contributed by atoms with E-state index < -0.39 is 0 Å². The summed E-state index contributed by atoms with van der Waals surface area (Å²) in [5.74, 6) is 2.65. The van der Waals surface area contributed by atoms with E-state index in [0.717, 1.165) is 70.0 Å². The predicted octanol–water partition coefficient (Wildman–Crippen LogP) is 2.49. The molecule has 0 spiro atoms. The van der Waals surface area contributed by atoms with Gasteiger partial charge in [-0.1, -0.05) is 40.0 Å². The Hall–Kier alpha value is -1.67. The molecule has 0 amide bonds. The van der Waals surface area contributed by atoms with Gasteiger partial charge in [-0.2, -0.15) is 0 Å². The molecule has 1 aliphatic rings. The van der Waals surface area contributed by atoms with Crippen molar-refractivity contribution in [2.75, 3.05) is 45.9 Å². The molecule has 30 heavy (non-hydrogen) atoms. The Labute approximate surface area is 182 Å². The molecular formula is C22H43N7O. The molecule has 2 heterocycles. The summed E-state index contributed by atoms with van der Waals surface area (Å²) in [6.45, 7) is 16.1. The van der Waals surface area contributed by atoms with Crippen molar-refractivity contribution in [1.29, 1.82) is 0 Å². The molecule has 1 aromatic heterocycles. The minimum atomic E-state index is 0.243. The number of nitrogens with zero attached hydrogens (tertiary/aromatic N) is 5. The number of guanidine groups is 1. The summed E-state index contributed by atoms with van der Waals surface area (Å²) in [6.07, 6.45) is 6.15. The smallest absolute Gasteiger partial charge is 0.191 e. The highest BCUT2D eigenvalue weighted by molar-refractivity contribution is 5.79. The molecule has 172 valence electrons. The fourth-order valence-electron chi connectivity index (χ4n) is 3.51. The minimum absolute atomic E-state index is 0.243. The average Bonchev–Trinajstić information content (AvgIpc) is 3.05. The van der Waals surface area contributed by atoms with Crippen molar-refractivity contribution >= 4 is 5.96 Å². The van der Waals surface area contributed by atoms with Gasteiger partial charge in [0.15, 0.2) is 11.8 Å². The minimum Gasteiger partial charge on any atom is -0.379 e. The van der Waals surface area contributed by atoms with Gasteiger partial charge in [-0.3, -0.25) is 4.90 Å². The van der Waals surface area contributed by atoms with Gasteiger partial charge >= 0.3 is 0 Å². The molecule has 0 saturated carbocycles. The van der Waals surface area contributed by atoms with Gasteiger partial charge in [0.2, 0.25) is 0 Å². The summed E-state index contributed by atoms with van der Waals surface area (Å²) >= 11 is 0. The maximum Gasteiger partial charge on any atom is 0.191 e. The Bertz CT molecular complexity index is 635. The highest BCUT2D eigenvalue weighted by atomic mass is 16.5. The van der Waals surface area contributed by atoms with E-state index in [2.05, 4.69) is 46.5 Å². The topological polar surface area (TPSA) is 79.6 Å². The van der Waals surface area contributed by atoms with Crippen molar-refractivity contribution in [2.45, 2.75) is 66.3 Å². The third kappa shape index (κ3) is 9.00. The van der Waals surface area contributed by atoms with E-state index in [9.17, 15) is 0 Å². The van der Waals surface area contributed by atoms with Gasteiger partial charge in [-0.05, 0) is 31.7 Å². The Balaban J connectivity index is 1.86. The average molecular weight is 422 g/mol. The van der Waals surface area contributed by atoms with E-state index in [-0.39, 0.29) is 5.41 Å². The number of morpholine rings is 1. The van der Waals surface area contributed by atoms with Crippen LogP contribution in [-0.4, -0.2) is 71.6 Å². The Morgan fingerprint density at radius 3 is 2.57 bits per heavy atom. The van der Waals surface area contributed by atoms with Crippen molar-refractivity contribution in [3.63, 3.8) is 0 Å². The SMILES string of the molecule is CCCCCC(C)(C)CNC(=NCc1nnc(C)n1C)NCCCN1CCOCC1. The number of nitrogens with one attached hydrogen (secondary N) is 2. The number of aliphatic imine (C=N–C) groups is 1. The Morgan fingerprint density at radius 1 is 1.13 bits per heavy atom. The molecule has 2 N–H and O–H groups in total. The molecule has 1 aromatic rings. The molecule has 2 rings (SSSR count). The van der Waals surface area contributed by atoms with Crippen LogP contribution in [0.15, 0.2) is 4.99 Å². The van der Waals surface area contributed by atoms with Crippen molar-refractivity contribution in [2.24, 2.45) is 17.5 Å². The summed E-state index contributed by atoms with van der Waals surface area (Å²) in [4.78, 5) is 7.26. The number of rotatable bonds is 12. The second kappa shape index (κ2) is 12.9. The number of unbranched alkanes of at least 4 members (excludes halogenated alkanes) is 2. The van der Waals surface area contributed by atoms with E-state index in [4.69, 9.17) is 9.73 Å². The molecule has 8 nitrogen and oxygen atoms in total. The van der Waals surface area contributed by atoms with Crippen LogP contribution >= 0.6 is 0 Å². The first-order valence-electron chi connectivity index (χ1n) is 11.6. The lowest BCUT2D eigenvalue weighted by molar-refractivity contribution is 0.0376. The summed E-state index contributed by atoms with van der Waals surface area (Å²) in [5.41, 5.74) is 0.243. The van der Waals surface area contributed by atoms with Crippen LogP contribution < -0.4 is 10.6 Å². The summed E-state index contributed by atoms with van der Waals surface area (Å²) in [6, 6.07) is 0. The lowest BCUT2D eigenvalue weighted by Gasteiger charge is -2.27. The second-order valence-electron chi connectivity index (χ2n) is 9.10. The lowest BCUT2D eigenvalue weighted by atomic mass is 9.87. The Kier molecular flexibility index (Phi) is 10.6. The molecule has 0 aromatic carbocycles. The standard InChI is InChI=1S/C22H43N7O/c1-6-7-8-10-22(3,4)18-25-21(24-17-20-27-26-19(2)28(20)5)23-11-9-12-29-13-15-30-16-14-29/h6-18H2,1-5H3,(H2,23,24,25). The number of aryl methyl sites for hydroxylation is 1. The fourth-order valence-corrected chi connectivity index (χ4v) is 3.51. The van der Waals surface area contributed by atoms with Gasteiger partial charge in [0.25, 0.3) is 0 Å². The highest BCUT2D eigenvalue weighted by Crippen LogP contribution is 2.22. The highest BCUT2D eigenvalue weighted by Gasteiger charge is 2.18. The number of aromatic nitrogens is 3. The second-order valence-corrected chi connectivity index (χ2v) is 9.10. The monoisotopic (exact) mass is 421 g/mol. The molecule has 0 aliphatic carbocycles. The quantitative estimate of drug-likeness (QED) is 0.307. The molecule has 0 radical (unpaired) electrons. The van der Waals surface area contributed by atoms with Crippen molar-refractivity contribution in [3.8, 4) is 0 Å². The molecule has 1 fully saturated rings. The van der Waals surface area contributed by atoms with E-state index in [1.54, 1.807) is 0 Å². The molecule has 0 bridgehead atoms. The van der Waals surface area contributed by atoms with Gasteiger partial charge in [-0.15, -0.1) is 10.2 Å². The predicted molar refractivity (Wildman–Crippen MR) is 123 cm³/mol. The van der Waals surface area contributed by atoms with E-state index in [1.807, 2.05) is 18.5 Å². The zero-order valence-corrected chi connectivity index (χ0v) is 19.8. The van der Waals surface area contributed by atoms with E-state index in [0.29, 0.717) is 6.54 Å². The molecule has 0 atom stereocenters. The molecule has 0 unspecified atom stereocenters. The van der Waals surface area contributed by atoms with Crippen molar-refractivity contribution < 1.29 is 4.74 Å². The third-order valence-electron chi connectivity index (χ3n) is 5.80. The van der Waals surface area contributed by atoms with Gasteiger partial charge in [0.1, 0.15) is 12.4 Å². The first-order chi connectivity index (χ1) is 14.4. The van der Waals surface area contributed by atoms with Crippen LogP contribution in [0.4, 0.5) is 0 Å². The first kappa shape index (κ1) is 24.6. The zero-order valence-electron chi connectivity index (χ0n) is 19.8. The van der Waals surface area contributed by atoms with Crippen LogP contribution in [-0.2, 0) is 18.3 Å². The molecule has 1 aliphatic heterocycles. The summed E-state index contributed by atoms with van der Waals surface area (Å²) in [5, 5.41) is 15.5. The Morgan fingerprint density at radius 2 is 1.90 bits per heavy atom. The molecular weight excluding hydrogens is 378 g/mol. The maximum atomic E-state index is 5.43. The molecule has 1 saturated heterocycles. The lowest BCUT2D eigenvalue weighted by Crippen LogP contribution is -2.43. The summed E-state index contributed by atoms with van der Waals surface area (Å²) < 4.78 is 7.42. The van der Waals surface area contributed by atoms with Gasteiger partial charge in [0, 0.05) is 33.2 Å². The van der Waals surface area contributed by atoms with Crippen molar-refractivity contribution in [3.05, 3.63) is 11.6 Å². The molecule has 8 heteroatoms.